The summed E-state index contributed by atoms with van der Waals surface area (Å²) in [6.45, 7) is 2.98. The SMILES string of the molecule is CCC1Oc2ccc(NC(=O)NCc3ccccc3)cc2CN(Cc2ccc(F)cc2)C1=O. The Morgan fingerprint density at radius 2 is 1.82 bits per heavy atom. The van der Waals surface area contributed by atoms with Crippen molar-refractivity contribution in [1.29, 1.82) is 0 Å². The second-order valence-corrected chi connectivity index (χ2v) is 7.95. The van der Waals surface area contributed by atoms with Crippen molar-refractivity contribution in [2.24, 2.45) is 0 Å². The van der Waals surface area contributed by atoms with Gasteiger partial charge in [-0.1, -0.05) is 49.4 Å². The lowest BCUT2D eigenvalue weighted by Crippen LogP contribution is -2.38. The van der Waals surface area contributed by atoms with Crippen molar-refractivity contribution < 1.29 is 18.7 Å². The van der Waals surface area contributed by atoms with E-state index in [4.69, 9.17) is 4.74 Å². The van der Waals surface area contributed by atoms with Gasteiger partial charge in [-0.05, 0) is 47.9 Å². The number of anilines is 1. The molecule has 170 valence electrons. The van der Waals surface area contributed by atoms with Gasteiger partial charge in [0.2, 0.25) is 0 Å². The van der Waals surface area contributed by atoms with Crippen molar-refractivity contribution in [2.45, 2.75) is 39.1 Å². The summed E-state index contributed by atoms with van der Waals surface area (Å²) in [4.78, 5) is 27.1. The average molecular weight is 448 g/mol. The molecule has 0 fully saturated rings. The Kier molecular flexibility index (Phi) is 6.88. The first kappa shape index (κ1) is 22.3. The van der Waals surface area contributed by atoms with Gasteiger partial charge in [0.15, 0.2) is 6.10 Å². The van der Waals surface area contributed by atoms with Gasteiger partial charge >= 0.3 is 6.03 Å². The van der Waals surface area contributed by atoms with E-state index < -0.39 is 6.10 Å². The normalized spacial score (nSPS) is 15.3. The second-order valence-electron chi connectivity index (χ2n) is 7.95. The Balaban J connectivity index is 1.48. The van der Waals surface area contributed by atoms with Crippen molar-refractivity contribution in [3.05, 3.63) is 95.3 Å². The molecule has 3 aromatic carbocycles. The summed E-state index contributed by atoms with van der Waals surface area (Å²) in [6.07, 6.45) is -0.0697. The van der Waals surface area contributed by atoms with Crippen LogP contribution in [0.3, 0.4) is 0 Å². The molecule has 4 rings (SSSR count). The molecule has 1 heterocycles. The minimum Gasteiger partial charge on any atom is -0.480 e. The fourth-order valence-electron chi connectivity index (χ4n) is 3.74. The predicted octanol–water partition coefficient (Wildman–Crippen LogP) is 4.85. The molecule has 7 heteroatoms. The molecule has 0 spiro atoms. The number of urea groups is 1. The number of nitrogens with zero attached hydrogens (tertiary/aromatic N) is 1. The number of nitrogens with one attached hydrogen (secondary N) is 2. The quantitative estimate of drug-likeness (QED) is 0.568. The fraction of sp³-hybridized carbons (Fsp3) is 0.231. The maximum atomic E-state index is 13.3. The molecular formula is C26H26FN3O3. The van der Waals surface area contributed by atoms with Crippen LogP contribution in [0.5, 0.6) is 5.75 Å². The summed E-state index contributed by atoms with van der Waals surface area (Å²) in [6, 6.07) is 20.8. The zero-order valence-electron chi connectivity index (χ0n) is 18.4. The average Bonchev–Trinajstić information content (AvgIpc) is 2.96. The lowest BCUT2D eigenvalue weighted by molar-refractivity contribution is -0.139. The molecule has 6 nitrogen and oxygen atoms in total. The molecule has 0 radical (unpaired) electrons. The second kappa shape index (κ2) is 10.2. The summed E-state index contributed by atoms with van der Waals surface area (Å²) >= 11 is 0. The number of carbonyl (C=O) groups is 2. The Hall–Kier alpha value is -3.87. The van der Waals surface area contributed by atoms with E-state index in [-0.39, 0.29) is 17.8 Å². The number of ether oxygens (including phenoxy) is 1. The first-order valence-corrected chi connectivity index (χ1v) is 10.9. The smallest absolute Gasteiger partial charge is 0.319 e. The Bertz CT molecular complexity index is 1120. The zero-order valence-corrected chi connectivity index (χ0v) is 18.4. The highest BCUT2D eigenvalue weighted by Gasteiger charge is 2.30. The van der Waals surface area contributed by atoms with Gasteiger partial charge in [-0.2, -0.15) is 0 Å². The van der Waals surface area contributed by atoms with Gasteiger partial charge in [0.25, 0.3) is 5.91 Å². The van der Waals surface area contributed by atoms with Gasteiger partial charge in [-0.15, -0.1) is 0 Å². The highest BCUT2D eigenvalue weighted by Crippen LogP contribution is 2.30. The van der Waals surface area contributed by atoms with Gasteiger partial charge in [-0.3, -0.25) is 4.79 Å². The maximum absolute atomic E-state index is 13.3. The molecule has 0 aromatic heterocycles. The summed E-state index contributed by atoms with van der Waals surface area (Å²) < 4.78 is 19.3. The summed E-state index contributed by atoms with van der Waals surface area (Å²) in [5.74, 6) is 0.183. The number of hydrogen-bond acceptors (Lipinski definition) is 3. The van der Waals surface area contributed by atoms with Gasteiger partial charge in [-0.25, -0.2) is 9.18 Å². The van der Waals surface area contributed by atoms with Gasteiger partial charge in [0.1, 0.15) is 11.6 Å². The fourth-order valence-corrected chi connectivity index (χ4v) is 3.74. The molecule has 0 bridgehead atoms. The molecule has 1 aliphatic heterocycles. The van der Waals surface area contributed by atoms with Crippen LogP contribution in [0.25, 0.3) is 0 Å². The standard InChI is InChI=1S/C26H26FN3O3/c1-2-23-25(31)30(16-19-8-10-21(27)11-9-19)17-20-14-22(12-13-24(20)33-23)29-26(32)28-15-18-6-4-3-5-7-18/h3-14,23H,2,15-17H2,1H3,(H2,28,29,32). The molecule has 0 saturated heterocycles. The van der Waals surface area contributed by atoms with E-state index in [0.717, 1.165) is 16.7 Å². The molecule has 1 atom stereocenters. The first-order chi connectivity index (χ1) is 16.0. The number of benzene rings is 3. The topological polar surface area (TPSA) is 70.7 Å². The van der Waals surface area contributed by atoms with Crippen LogP contribution in [0.2, 0.25) is 0 Å². The number of rotatable bonds is 6. The third-order valence-corrected chi connectivity index (χ3v) is 5.49. The molecule has 2 N–H and O–H groups in total. The molecular weight excluding hydrogens is 421 g/mol. The number of carbonyl (C=O) groups excluding carboxylic acids is 2. The molecule has 1 aliphatic rings. The monoisotopic (exact) mass is 447 g/mol. The van der Waals surface area contributed by atoms with Crippen molar-refractivity contribution in [3.8, 4) is 5.75 Å². The molecule has 0 saturated carbocycles. The zero-order chi connectivity index (χ0) is 23.2. The lowest BCUT2D eigenvalue weighted by atomic mass is 10.1. The van der Waals surface area contributed by atoms with E-state index in [1.807, 2.05) is 43.3 Å². The number of fused-ring (bicyclic) bond motifs is 1. The molecule has 1 unspecified atom stereocenters. The van der Waals surface area contributed by atoms with E-state index in [1.54, 1.807) is 29.2 Å². The molecule has 33 heavy (non-hydrogen) atoms. The lowest BCUT2D eigenvalue weighted by Gasteiger charge is -2.23. The largest absolute Gasteiger partial charge is 0.480 e. The van der Waals surface area contributed by atoms with E-state index in [2.05, 4.69) is 10.6 Å². The van der Waals surface area contributed by atoms with Gasteiger partial charge in [0.05, 0.1) is 0 Å². The van der Waals surface area contributed by atoms with E-state index in [1.165, 1.54) is 12.1 Å². The van der Waals surface area contributed by atoms with Crippen LogP contribution in [0.15, 0.2) is 72.8 Å². The van der Waals surface area contributed by atoms with Crippen LogP contribution in [-0.2, 0) is 24.4 Å². The Labute approximate surface area is 192 Å². The van der Waals surface area contributed by atoms with E-state index in [9.17, 15) is 14.0 Å². The third-order valence-electron chi connectivity index (χ3n) is 5.49. The van der Waals surface area contributed by atoms with Crippen LogP contribution >= 0.6 is 0 Å². The molecule has 3 aromatic rings. The van der Waals surface area contributed by atoms with E-state index >= 15 is 0 Å². The van der Waals surface area contributed by atoms with E-state index in [0.29, 0.717) is 37.5 Å². The number of amides is 3. The predicted molar refractivity (Wildman–Crippen MR) is 124 cm³/mol. The highest BCUT2D eigenvalue weighted by molar-refractivity contribution is 5.89. The van der Waals surface area contributed by atoms with Gasteiger partial charge < -0.3 is 20.3 Å². The highest BCUT2D eigenvalue weighted by atomic mass is 19.1. The summed E-state index contributed by atoms with van der Waals surface area (Å²) in [5, 5.41) is 5.67. The maximum Gasteiger partial charge on any atom is 0.319 e. The summed E-state index contributed by atoms with van der Waals surface area (Å²) in [7, 11) is 0. The third kappa shape index (κ3) is 5.68. The number of halogens is 1. The van der Waals surface area contributed by atoms with Crippen LogP contribution in [0.1, 0.15) is 30.0 Å². The van der Waals surface area contributed by atoms with Crippen LogP contribution in [-0.4, -0.2) is 22.9 Å². The van der Waals surface area contributed by atoms with Crippen LogP contribution < -0.4 is 15.4 Å². The van der Waals surface area contributed by atoms with Crippen LogP contribution in [0, 0.1) is 5.82 Å². The molecule has 0 aliphatic carbocycles. The molecule has 3 amide bonds. The Morgan fingerprint density at radius 1 is 1.06 bits per heavy atom. The Morgan fingerprint density at radius 3 is 2.55 bits per heavy atom. The first-order valence-electron chi connectivity index (χ1n) is 10.9. The van der Waals surface area contributed by atoms with Crippen molar-refractivity contribution in [1.82, 2.24) is 10.2 Å². The minimum absolute atomic E-state index is 0.117. The van der Waals surface area contributed by atoms with Gasteiger partial charge in [0, 0.05) is 30.9 Å². The summed E-state index contributed by atoms with van der Waals surface area (Å²) in [5.41, 5.74) is 3.23. The van der Waals surface area contributed by atoms with Crippen molar-refractivity contribution in [2.75, 3.05) is 5.32 Å². The van der Waals surface area contributed by atoms with Crippen LogP contribution in [0.4, 0.5) is 14.9 Å². The van der Waals surface area contributed by atoms with Crippen molar-refractivity contribution >= 4 is 17.6 Å². The number of hydrogen-bond donors (Lipinski definition) is 2. The minimum atomic E-state index is -0.598. The van der Waals surface area contributed by atoms with Crippen molar-refractivity contribution in [3.63, 3.8) is 0 Å².